The SMILES string of the molecule is C.C.CN1Cc2c(Cl)cc(Cl)cc2C(c2cccc(N)c2)C1.CN1Cc2c(Cl)cc(Cl)cc2C(c2cccc([N+](=O)[O-])c2)C1. The number of fused-ring (bicyclic) bond motifs is 2. The number of anilines is 1. The Morgan fingerprint density at radius 1 is 0.727 bits per heavy atom. The summed E-state index contributed by atoms with van der Waals surface area (Å²) in [6.45, 7) is 3.30. The summed E-state index contributed by atoms with van der Waals surface area (Å²) in [5.41, 5.74) is 13.4. The predicted molar refractivity (Wildman–Crippen MR) is 187 cm³/mol. The Kier molecular flexibility index (Phi) is 12.1. The molecule has 0 bridgehead atoms. The van der Waals surface area contributed by atoms with Gasteiger partial charge in [-0.15, -0.1) is 0 Å². The van der Waals surface area contributed by atoms with Crippen LogP contribution < -0.4 is 5.73 Å². The fraction of sp³-hybridized carbons (Fsp3) is 0.294. The lowest BCUT2D eigenvalue weighted by atomic mass is 9.84. The first kappa shape index (κ1) is 35.6. The van der Waals surface area contributed by atoms with E-state index in [1.54, 1.807) is 18.2 Å². The largest absolute Gasteiger partial charge is 0.399 e. The summed E-state index contributed by atoms with van der Waals surface area (Å²) in [6, 6.07) is 22.3. The summed E-state index contributed by atoms with van der Waals surface area (Å²) >= 11 is 25.0. The first-order valence-electron chi connectivity index (χ1n) is 13.4. The number of hydrogen-bond donors (Lipinski definition) is 1. The molecule has 2 aliphatic rings. The molecule has 44 heavy (non-hydrogen) atoms. The van der Waals surface area contributed by atoms with Gasteiger partial charge in [0.2, 0.25) is 0 Å². The van der Waals surface area contributed by atoms with Gasteiger partial charge in [-0.05, 0) is 83.9 Å². The van der Waals surface area contributed by atoms with Crippen molar-refractivity contribution in [3.8, 4) is 0 Å². The lowest BCUT2D eigenvalue weighted by Gasteiger charge is -2.33. The number of halogens is 4. The highest BCUT2D eigenvalue weighted by Gasteiger charge is 2.29. The Bertz CT molecular complexity index is 1650. The van der Waals surface area contributed by atoms with Gasteiger partial charge in [0.05, 0.1) is 4.92 Å². The first-order chi connectivity index (χ1) is 20.0. The number of nitrogens with two attached hydrogens (primary N) is 1. The van der Waals surface area contributed by atoms with Crippen molar-refractivity contribution in [3.63, 3.8) is 0 Å². The molecule has 0 fully saturated rings. The third-order valence-corrected chi connectivity index (χ3v) is 8.89. The number of benzene rings is 4. The van der Waals surface area contributed by atoms with Crippen LogP contribution in [0.15, 0.2) is 72.8 Å². The van der Waals surface area contributed by atoms with Gasteiger partial charge < -0.3 is 15.5 Å². The van der Waals surface area contributed by atoms with E-state index in [0.717, 1.165) is 59.1 Å². The molecule has 2 atom stereocenters. The predicted octanol–water partition coefficient (Wildman–Crippen LogP) is 9.90. The molecule has 234 valence electrons. The van der Waals surface area contributed by atoms with Crippen LogP contribution in [-0.4, -0.2) is 41.9 Å². The number of nitrogen functional groups attached to an aromatic ring is 1. The van der Waals surface area contributed by atoms with Crippen LogP contribution in [0.5, 0.6) is 0 Å². The van der Waals surface area contributed by atoms with Crippen LogP contribution in [0.1, 0.15) is 60.1 Å². The number of likely N-dealkylation sites (N-methyl/N-ethyl adjacent to an activating group) is 2. The summed E-state index contributed by atoms with van der Waals surface area (Å²) in [6.07, 6.45) is 0. The second-order valence-electron chi connectivity index (χ2n) is 10.9. The minimum atomic E-state index is -0.373. The highest BCUT2D eigenvalue weighted by atomic mass is 35.5. The van der Waals surface area contributed by atoms with E-state index in [1.165, 1.54) is 17.2 Å². The molecule has 2 N–H and O–H groups in total. The van der Waals surface area contributed by atoms with E-state index >= 15 is 0 Å². The first-order valence-corrected chi connectivity index (χ1v) is 14.9. The van der Waals surface area contributed by atoms with Gasteiger partial charge in [-0.2, -0.15) is 0 Å². The molecule has 4 aromatic rings. The molecule has 0 aliphatic carbocycles. The number of non-ortho nitro benzene ring substituents is 1. The van der Waals surface area contributed by atoms with Crippen LogP contribution in [-0.2, 0) is 13.1 Å². The molecule has 0 aromatic heterocycles. The Morgan fingerprint density at radius 2 is 1.18 bits per heavy atom. The zero-order chi connectivity index (χ0) is 30.1. The zero-order valence-electron chi connectivity index (χ0n) is 23.2. The topological polar surface area (TPSA) is 75.6 Å². The lowest BCUT2D eigenvalue weighted by molar-refractivity contribution is -0.384. The van der Waals surface area contributed by atoms with Crippen molar-refractivity contribution in [2.75, 3.05) is 32.9 Å². The van der Waals surface area contributed by atoms with E-state index in [2.05, 4.69) is 22.9 Å². The number of nitro groups is 1. The van der Waals surface area contributed by atoms with Crippen molar-refractivity contribution in [2.24, 2.45) is 0 Å². The van der Waals surface area contributed by atoms with E-state index in [4.69, 9.17) is 52.1 Å². The van der Waals surface area contributed by atoms with Crippen LogP contribution >= 0.6 is 46.4 Å². The van der Waals surface area contributed by atoms with E-state index in [0.29, 0.717) is 15.1 Å². The maximum absolute atomic E-state index is 11.0. The molecular formula is C34H38Cl4N4O2. The molecule has 0 saturated carbocycles. The Balaban J connectivity index is 0.000000231. The molecule has 10 heteroatoms. The molecule has 2 heterocycles. The van der Waals surface area contributed by atoms with E-state index in [-0.39, 0.29) is 37.3 Å². The lowest BCUT2D eigenvalue weighted by Crippen LogP contribution is -2.31. The van der Waals surface area contributed by atoms with E-state index in [9.17, 15) is 10.1 Å². The van der Waals surface area contributed by atoms with Crippen molar-refractivity contribution in [2.45, 2.75) is 39.8 Å². The van der Waals surface area contributed by atoms with E-state index in [1.807, 2.05) is 49.5 Å². The maximum atomic E-state index is 11.0. The van der Waals surface area contributed by atoms with Crippen molar-refractivity contribution < 1.29 is 4.92 Å². The molecule has 0 spiro atoms. The number of rotatable bonds is 3. The molecule has 6 rings (SSSR count). The number of nitrogens with zero attached hydrogens (tertiary/aromatic N) is 3. The van der Waals surface area contributed by atoms with Gasteiger partial charge in [-0.3, -0.25) is 10.1 Å². The average molecular weight is 677 g/mol. The minimum Gasteiger partial charge on any atom is -0.399 e. The maximum Gasteiger partial charge on any atom is 0.269 e. The van der Waals surface area contributed by atoms with Crippen LogP contribution in [0.2, 0.25) is 20.1 Å². The number of nitro benzene ring substituents is 1. The van der Waals surface area contributed by atoms with Gasteiger partial charge in [0.25, 0.3) is 5.69 Å². The summed E-state index contributed by atoms with van der Waals surface area (Å²) in [4.78, 5) is 15.1. The van der Waals surface area contributed by atoms with Gasteiger partial charge in [0, 0.05) is 75.9 Å². The minimum absolute atomic E-state index is 0. The third-order valence-electron chi connectivity index (χ3n) is 7.78. The van der Waals surface area contributed by atoms with Gasteiger partial charge >= 0.3 is 0 Å². The van der Waals surface area contributed by atoms with Crippen LogP contribution in [0.3, 0.4) is 0 Å². The monoisotopic (exact) mass is 674 g/mol. The molecule has 2 aliphatic heterocycles. The summed E-state index contributed by atoms with van der Waals surface area (Å²) in [5.74, 6) is 0.272. The fourth-order valence-electron chi connectivity index (χ4n) is 5.89. The van der Waals surface area contributed by atoms with Gasteiger partial charge in [0.1, 0.15) is 0 Å². The smallest absolute Gasteiger partial charge is 0.269 e. The fourth-order valence-corrected chi connectivity index (χ4v) is 7.03. The standard InChI is InChI=1S/C16H14Cl2N2O2.C16H16Cl2N2.2CH4/c1-19-8-14(10-3-2-4-12(5-10)20(21)22)13-6-11(17)7-16(18)15(13)9-19;1-20-8-14(10-3-2-4-12(19)5-10)13-6-11(17)7-16(18)15(13)9-20;;/h2-7,14H,8-9H2,1H3;2-7,14H,8-9,19H2,1H3;2*1H4. The third kappa shape index (κ3) is 7.86. The van der Waals surface area contributed by atoms with Crippen molar-refractivity contribution in [1.29, 1.82) is 0 Å². The summed E-state index contributed by atoms with van der Waals surface area (Å²) < 4.78 is 0. The van der Waals surface area contributed by atoms with Crippen LogP contribution in [0.25, 0.3) is 0 Å². The Hall–Kier alpha value is -2.84. The van der Waals surface area contributed by atoms with Crippen LogP contribution in [0.4, 0.5) is 11.4 Å². The Morgan fingerprint density at radius 3 is 1.64 bits per heavy atom. The van der Waals surface area contributed by atoms with Crippen molar-refractivity contribution >= 4 is 57.8 Å². The van der Waals surface area contributed by atoms with Gasteiger partial charge in [-0.25, -0.2) is 0 Å². The summed E-state index contributed by atoms with van der Waals surface area (Å²) in [7, 11) is 4.12. The molecule has 4 aromatic carbocycles. The quantitative estimate of drug-likeness (QED) is 0.133. The van der Waals surface area contributed by atoms with Gasteiger partial charge in [0.15, 0.2) is 0 Å². The highest BCUT2D eigenvalue weighted by molar-refractivity contribution is 6.35. The van der Waals surface area contributed by atoms with Gasteiger partial charge in [-0.1, -0.05) is 85.5 Å². The molecule has 0 amide bonds. The molecule has 0 radical (unpaired) electrons. The molecule has 2 unspecified atom stereocenters. The second-order valence-corrected chi connectivity index (χ2v) is 12.6. The average Bonchev–Trinajstić information content (AvgIpc) is 2.93. The Labute approximate surface area is 280 Å². The van der Waals surface area contributed by atoms with Crippen LogP contribution in [0, 0.1) is 10.1 Å². The van der Waals surface area contributed by atoms with Crippen molar-refractivity contribution in [1.82, 2.24) is 9.80 Å². The zero-order valence-corrected chi connectivity index (χ0v) is 26.2. The number of hydrogen-bond acceptors (Lipinski definition) is 5. The summed E-state index contributed by atoms with van der Waals surface area (Å²) in [5, 5.41) is 13.7. The van der Waals surface area contributed by atoms with Crippen molar-refractivity contribution in [3.05, 3.63) is 136 Å². The highest BCUT2D eigenvalue weighted by Crippen LogP contribution is 2.40. The second kappa shape index (κ2) is 15.0. The molecular weight excluding hydrogens is 638 g/mol. The molecule has 6 nitrogen and oxygen atoms in total. The molecule has 0 saturated heterocycles. The normalized spacial score (nSPS) is 17.6. The van der Waals surface area contributed by atoms with E-state index < -0.39 is 0 Å².